The summed E-state index contributed by atoms with van der Waals surface area (Å²) in [5.74, 6) is 0.559. The molecule has 0 aliphatic rings. The Balaban J connectivity index is 2.53. The van der Waals surface area contributed by atoms with Crippen LogP contribution in [0.25, 0.3) is 0 Å². The van der Waals surface area contributed by atoms with E-state index in [1.807, 2.05) is 30.3 Å². The zero-order valence-electron chi connectivity index (χ0n) is 11.7. The van der Waals surface area contributed by atoms with E-state index in [-0.39, 0.29) is 0 Å². The van der Waals surface area contributed by atoms with Crippen LogP contribution in [0.15, 0.2) is 30.3 Å². The summed E-state index contributed by atoms with van der Waals surface area (Å²) >= 11 is 5.37. The van der Waals surface area contributed by atoms with Crippen molar-refractivity contribution in [2.45, 2.75) is 40.3 Å². The maximum Gasteiger partial charge on any atom is 0.259 e. The van der Waals surface area contributed by atoms with Crippen molar-refractivity contribution in [1.29, 1.82) is 0 Å². The fraction of sp³-hybridized carbons (Fsp3) is 0.533. The van der Waals surface area contributed by atoms with Crippen molar-refractivity contribution >= 4 is 17.4 Å². The summed E-state index contributed by atoms with van der Waals surface area (Å²) in [7, 11) is 0. The Morgan fingerprint density at radius 3 is 2.33 bits per heavy atom. The Labute approximate surface area is 116 Å². The average Bonchev–Trinajstić information content (AvgIpc) is 2.38. The third-order valence-corrected chi connectivity index (χ3v) is 3.59. The summed E-state index contributed by atoms with van der Waals surface area (Å²) < 4.78 is 5.71. The third-order valence-electron chi connectivity index (χ3n) is 3.24. The van der Waals surface area contributed by atoms with Crippen molar-refractivity contribution in [3.05, 3.63) is 35.9 Å². The van der Waals surface area contributed by atoms with Crippen molar-refractivity contribution in [3.63, 3.8) is 0 Å². The Kier molecular flexibility index (Phi) is 6.13. The van der Waals surface area contributed by atoms with Gasteiger partial charge < -0.3 is 9.64 Å². The van der Waals surface area contributed by atoms with Gasteiger partial charge >= 0.3 is 0 Å². The fourth-order valence-electron chi connectivity index (χ4n) is 1.75. The summed E-state index contributed by atoms with van der Waals surface area (Å²) in [4.78, 5) is 2.14. The summed E-state index contributed by atoms with van der Waals surface area (Å²) in [5, 5.41) is 0.600. The maximum absolute atomic E-state index is 5.71. The molecule has 0 saturated carbocycles. The molecule has 100 valence electrons. The predicted molar refractivity (Wildman–Crippen MR) is 80.5 cm³/mol. The van der Waals surface area contributed by atoms with Crippen LogP contribution in [0.5, 0.6) is 0 Å². The first-order chi connectivity index (χ1) is 8.56. The molecule has 0 aliphatic carbocycles. The second-order valence-corrected chi connectivity index (χ2v) is 5.16. The highest BCUT2D eigenvalue weighted by Crippen LogP contribution is 2.12. The van der Waals surface area contributed by atoms with E-state index in [0.29, 0.717) is 23.7 Å². The first-order valence-electron chi connectivity index (χ1n) is 6.53. The topological polar surface area (TPSA) is 12.5 Å². The van der Waals surface area contributed by atoms with E-state index in [4.69, 9.17) is 17.0 Å². The fourth-order valence-corrected chi connectivity index (χ4v) is 2.10. The Hall–Kier alpha value is -1.09. The molecule has 18 heavy (non-hydrogen) atoms. The van der Waals surface area contributed by atoms with Gasteiger partial charge in [-0.2, -0.15) is 0 Å². The van der Waals surface area contributed by atoms with Crippen LogP contribution in [-0.4, -0.2) is 22.7 Å². The van der Waals surface area contributed by atoms with E-state index in [0.717, 1.165) is 12.1 Å². The molecule has 0 spiro atoms. The minimum atomic E-state index is 0.401. The standard InChI is InChI=1S/C15H23NOS/c1-5-16(13(4)12(2)3)15(18)17-11-14-9-7-6-8-10-14/h6-10,12-13H,5,11H2,1-4H3/t13-/m1/s1. The molecule has 1 aromatic carbocycles. The van der Waals surface area contributed by atoms with Crippen LogP contribution >= 0.6 is 12.2 Å². The maximum atomic E-state index is 5.71. The van der Waals surface area contributed by atoms with E-state index < -0.39 is 0 Å². The van der Waals surface area contributed by atoms with Gasteiger partial charge in [0.25, 0.3) is 5.17 Å². The molecule has 0 saturated heterocycles. The van der Waals surface area contributed by atoms with Gasteiger partial charge in [-0.15, -0.1) is 0 Å². The second-order valence-electron chi connectivity index (χ2n) is 4.81. The molecular formula is C15H23NOS. The molecular weight excluding hydrogens is 242 g/mol. The van der Waals surface area contributed by atoms with Gasteiger partial charge in [-0.05, 0) is 37.5 Å². The number of hydrogen-bond acceptors (Lipinski definition) is 2. The van der Waals surface area contributed by atoms with E-state index in [9.17, 15) is 0 Å². The lowest BCUT2D eigenvalue weighted by Gasteiger charge is -2.32. The zero-order valence-corrected chi connectivity index (χ0v) is 12.5. The lowest BCUT2D eigenvalue weighted by Crippen LogP contribution is -2.41. The second kappa shape index (κ2) is 7.37. The van der Waals surface area contributed by atoms with E-state index >= 15 is 0 Å². The van der Waals surface area contributed by atoms with Gasteiger partial charge in [-0.3, -0.25) is 0 Å². The molecule has 2 nitrogen and oxygen atoms in total. The minimum absolute atomic E-state index is 0.401. The smallest absolute Gasteiger partial charge is 0.259 e. The van der Waals surface area contributed by atoms with Crippen LogP contribution in [-0.2, 0) is 11.3 Å². The van der Waals surface area contributed by atoms with Crippen molar-refractivity contribution in [2.75, 3.05) is 6.54 Å². The summed E-state index contributed by atoms with van der Waals surface area (Å²) in [6.45, 7) is 10.1. The molecule has 0 fully saturated rings. The molecule has 0 amide bonds. The molecule has 1 aromatic rings. The van der Waals surface area contributed by atoms with Gasteiger partial charge in [-0.1, -0.05) is 44.2 Å². The third kappa shape index (κ3) is 4.30. The number of rotatable bonds is 5. The lowest BCUT2D eigenvalue weighted by molar-refractivity contribution is 0.188. The molecule has 0 aromatic heterocycles. The van der Waals surface area contributed by atoms with E-state index in [1.165, 1.54) is 0 Å². The van der Waals surface area contributed by atoms with E-state index in [2.05, 4.69) is 32.6 Å². The summed E-state index contributed by atoms with van der Waals surface area (Å²) in [6, 6.07) is 10.5. The summed E-state index contributed by atoms with van der Waals surface area (Å²) in [6.07, 6.45) is 0. The molecule has 3 heteroatoms. The normalized spacial score (nSPS) is 12.3. The summed E-state index contributed by atoms with van der Waals surface area (Å²) in [5.41, 5.74) is 1.15. The molecule has 0 bridgehead atoms. The monoisotopic (exact) mass is 265 g/mol. The molecule has 1 rings (SSSR count). The van der Waals surface area contributed by atoms with Crippen LogP contribution in [0, 0.1) is 5.92 Å². The first-order valence-corrected chi connectivity index (χ1v) is 6.94. The highest BCUT2D eigenvalue weighted by atomic mass is 32.1. The molecule has 0 heterocycles. The van der Waals surface area contributed by atoms with Gasteiger partial charge in [0, 0.05) is 12.6 Å². The highest BCUT2D eigenvalue weighted by Gasteiger charge is 2.19. The predicted octanol–water partition coefficient (Wildman–Crippen LogP) is 3.85. The number of benzene rings is 1. The molecule has 0 N–H and O–H groups in total. The van der Waals surface area contributed by atoms with Gasteiger partial charge in [-0.25, -0.2) is 0 Å². The van der Waals surface area contributed by atoms with Gasteiger partial charge in [0.1, 0.15) is 6.61 Å². The number of hydrogen-bond donors (Lipinski definition) is 0. The van der Waals surface area contributed by atoms with Gasteiger partial charge in [0.15, 0.2) is 0 Å². The number of nitrogens with zero attached hydrogens (tertiary/aromatic N) is 1. The van der Waals surface area contributed by atoms with Crippen LogP contribution in [0.2, 0.25) is 0 Å². The zero-order chi connectivity index (χ0) is 13.5. The van der Waals surface area contributed by atoms with Crippen LogP contribution in [0.3, 0.4) is 0 Å². The average molecular weight is 265 g/mol. The highest BCUT2D eigenvalue weighted by molar-refractivity contribution is 7.80. The Morgan fingerprint density at radius 1 is 1.22 bits per heavy atom. The molecule has 0 aliphatic heterocycles. The van der Waals surface area contributed by atoms with Gasteiger partial charge in [0.2, 0.25) is 0 Å². The number of ether oxygens (including phenoxy) is 1. The quantitative estimate of drug-likeness (QED) is 0.750. The lowest BCUT2D eigenvalue weighted by atomic mass is 10.1. The number of thiocarbonyl (C=S) groups is 1. The SMILES string of the molecule is CCN(C(=S)OCc1ccccc1)[C@H](C)C(C)C. The molecule has 0 radical (unpaired) electrons. The van der Waals surface area contributed by atoms with Crippen molar-refractivity contribution < 1.29 is 4.74 Å². The molecule has 1 atom stereocenters. The first kappa shape index (κ1) is 15.0. The van der Waals surface area contributed by atoms with Crippen molar-refractivity contribution in [3.8, 4) is 0 Å². The molecule has 0 unspecified atom stereocenters. The minimum Gasteiger partial charge on any atom is -0.466 e. The van der Waals surface area contributed by atoms with Crippen molar-refractivity contribution in [1.82, 2.24) is 4.90 Å². The van der Waals surface area contributed by atoms with E-state index in [1.54, 1.807) is 0 Å². The Morgan fingerprint density at radius 2 is 1.83 bits per heavy atom. The van der Waals surface area contributed by atoms with Crippen molar-refractivity contribution in [2.24, 2.45) is 5.92 Å². The Bertz CT molecular complexity index is 364. The van der Waals surface area contributed by atoms with Crippen LogP contribution in [0.1, 0.15) is 33.3 Å². The largest absolute Gasteiger partial charge is 0.466 e. The van der Waals surface area contributed by atoms with Crippen LogP contribution < -0.4 is 0 Å². The van der Waals surface area contributed by atoms with Gasteiger partial charge in [0.05, 0.1) is 0 Å². The van der Waals surface area contributed by atoms with Crippen LogP contribution in [0.4, 0.5) is 0 Å².